The molecule has 0 spiro atoms. The summed E-state index contributed by atoms with van der Waals surface area (Å²) in [6.45, 7) is 7.55. The van der Waals surface area contributed by atoms with E-state index in [1.165, 1.54) is 44.9 Å². The van der Waals surface area contributed by atoms with E-state index in [0.717, 1.165) is 12.8 Å². The average Bonchev–Trinajstić information content (AvgIpc) is 2.21. The van der Waals surface area contributed by atoms with Gasteiger partial charge in [-0.3, -0.25) is 0 Å². The number of rotatable bonds is 10. The molecule has 0 aromatic rings. The van der Waals surface area contributed by atoms with Gasteiger partial charge in [0, 0.05) is 0 Å². The SMILES string of the molecule is [CH2]CCCCC/C=C/CCCCC=C. The molecule has 14 heavy (non-hydrogen) atoms. The maximum Gasteiger partial charge on any atom is -0.0351 e. The van der Waals surface area contributed by atoms with Crippen LogP contribution in [0.25, 0.3) is 0 Å². The van der Waals surface area contributed by atoms with Crippen LogP contribution in [0.5, 0.6) is 0 Å². The van der Waals surface area contributed by atoms with E-state index in [9.17, 15) is 0 Å². The second-order valence-corrected chi connectivity index (χ2v) is 3.75. The smallest absolute Gasteiger partial charge is 0.0351 e. The molecule has 0 rings (SSSR count). The van der Waals surface area contributed by atoms with Gasteiger partial charge in [-0.15, -0.1) is 6.58 Å². The molecule has 0 heterocycles. The third-order valence-electron chi connectivity index (χ3n) is 2.32. The molecule has 0 bridgehead atoms. The van der Waals surface area contributed by atoms with Crippen LogP contribution in [0.2, 0.25) is 0 Å². The topological polar surface area (TPSA) is 0 Å². The van der Waals surface area contributed by atoms with Crippen LogP contribution in [0.4, 0.5) is 0 Å². The fraction of sp³-hybridized carbons (Fsp3) is 0.643. The third kappa shape index (κ3) is 11.5. The van der Waals surface area contributed by atoms with E-state index in [1.54, 1.807) is 0 Å². The summed E-state index contributed by atoms with van der Waals surface area (Å²) < 4.78 is 0. The summed E-state index contributed by atoms with van der Waals surface area (Å²) in [4.78, 5) is 0. The Balaban J connectivity index is 2.99. The van der Waals surface area contributed by atoms with Crippen molar-refractivity contribution in [2.45, 2.75) is 57.8 Å². The van der Waals surface area contributed by atoms with Gasteiger partial charge in [-0.25, -0.2) is 0 Å². The first-order valence-corrected chi connectivity index (χ1v) is 5.97. The van der Waals surface area contributed by atoms with E-state index in [1.807, 2.05) is 6.08 Å². The van der Waals surface area contributed by atoms with E-state index >= 15 is 0 Å². The van der Waals surface area contributed by atoms with Gasteiger partial charge in [0.15, 0.2) is 0 Å². The summed E-state index contributed by atoms with van der Waals surface area (Å²) >= 11 is 0. The quantitative estimate of drug-likeness (QED) is 0.335. The fourth-order valence-corrected chi connectivity index (χ4v) is 1.40. The number of unbranched alkanes of at least 4 members (excludes halogenated alkanes) is 7. The summed E-state index contributed by atoms with van der Waals surface area (Å²) in [6, 6.07) is 0. The molecule has 0 nitrogen and oxygen atoms in total. The zero-order valence-electron chi connectivity index (χ0n) is 9.51. The minimum Gasteiger partial charge on any atom is -0.103 e. The van der Waals surface area contributed by atoms with Crippen LogP contribution in [-0.4, -0.2) is 0 Å². The van der Waals surface area contributed by atoms with Crippen molar-refractivity contribution < 1.29 is 0 Å². The van der Waals surface area contributed by atoms with Gasteiger partial charge in [-0.2, -0.15) is 0 Å². The van der Waals surface area contributed by atoms with Crippen LogP contribution in [0, 0.1) is 6.92 Å². The van der Waals surface area contributed by atoms with Crippen LogP contribution in [0.1, 0.15) is 57.8 Å². The highest BCUT2D eigenvalue weighted by Gasteiger charge is 1.85. The Morgan fingerprint density at radius 3 is 1.86 bits per heavy atom. The largest absolute Gasteiger partial charge is 0.103 e. The highest BCUT2D eigenvalue weighted by atomic mass is 13.9. The standard InChI is InChI=1S/C14H25/c1-3-5-7-9-11-13-14-12-10-8-6-4-2/h3,13-14H,1-2,4-12H2/b14-13+. The van der Waals surface area contributed by atoms with Crippen LogP contribution < -0.4 is 0 Å². The van der Waals surface area contributed by atoms with Crippen molar-refractivity contribution in [1.82, 2.24) is 0 Å². The van der Waals surface area contributed by atoms with E-state index in [2.05, 4.69) is 25.7 Å². The summed E-state index contributed by atoms with van der Waals surface area (Å²) in [5.74, 6) is 0. The van der Waals surface area contributed by atoms with Gasteiger partial charge in [0.2, 0.25) is 0 Å². The first-order chi connectivity index (χ1) is 6.91. The number of hydrogen-bond acceptors (Lipinski definition) is 0. The molecule has 0 N–H and O–H groups in total. The molecule has 0 heteroatoms. The van der Waals surface area contributed by atoms with Crippen LogP contribution in [0.3, 0.4) is 0 Å². The summed E-state index contributed by atoms with van der Waals surface area (Å²) in [5, 5.41) is 0. The van der Waals surface area contributed by atoms with Crippen molar-refractivity contribution in [2.24, 2.45) is 0 Å². The Morgan fingerprint density at radius 2 is 1.29 bits per heavy atom. The molecule has 0 aliphatic rings. The van der Waals surface area contributed by atoms with Crippen LogP contribution in [-0.2, 0) is 0 Å². The van der Waals surface area contributed by atoms with Crippen molar-refractivity contribution in [3.63, 3.8) is 0 Å². The van der Waals surface area contributed by atoms with Crippen molar-refractivity contribution >= 4 is 0 Å². The van der Waals surface area contributed by atoms with Crippen molar-refractivity contribution in [2.75, 3.05) is 0 Å². The number of allylic oxidation sites excluding steroid dienone is 3. The summed E-state index contributed by atoms with van der Waals surface area (Å²) in [7, 11) is 0. The highest BCUT2D eigenvalue weighted by Crippen LogP contribution is 2.05. The number of hydrogen-bond donors (Lipinski definition) is 0. The van der Waals surface area contributed by atoms with Gasteiger partial charge in [0.25, 0.3) is 0 Å². The first-order valence-electron chi connectivity index (χ1n) is 5.97. The van der Waals surface area contributed by atoms with Gasteiger partial charge in [-0.1, -0.05) is 44.4 Å². The first kappa shape index (κ1) is 13.5. The van der Waals surface area contributed by atoms with Crippen molar-refractivity contribution in [1.29, 1.82) is 0 Å². The lowest BCUT2D eigenvalue weighted by Gasteiger charge is -1.95. The molecule has 0 aliphatic heterocycles. The van der Waals surface area contributed by atoms with Crippen molar-refractivity contribution in [3.8, 4) is 0 Å². The Labute approximate surface area is 90.1 Å². The molecule has 0 aliphatic carbocycles. The molecule has 0 aromatic heterocycles. The molecule has 0 fully saturated rings. The Hall–Kier alpha value is -0.520. The molecule has 81 valence electrons. The zero-order valence-corrected chi connectivity index (χ0v) is 9.51. The van der Waals surface area contributed by atoms with Crippen LogP contribution >= 0.6 is 0 Å². The lowest BCUT2D eigenvalue weighted by atomic mass is 10.1. The lowest BCUT2D eigenvalue weighted by molar-refractivity contribution is 0.692. The lowest BCUT2D eigenvalue weighted by Crippen LogP contribution is -1.75. The van der Waals surface area contributed by atoms with Crippen LogP contribution in [0.15, 0.2) is 24.8 Å². The van der Waals surface area contributed by atoms with E-state index in [4.69, 9.17) is 0 Å². The zero-order chi connectivity index (χ0) is 10.5. The second-order valence-electron chi connectivity index (χ2n) is 3.75. The molecular formula is C14H25. The normalized spacial score (nSPS) is 10.9. The minimum absolute atomic E-state index is 1.09. The third-order valence-corrected chi connectivity index (χ3v) is 2.32. The van der Waals surface area contributed by atoms with E-state index < -0.39 is 0 Å². The maximum absolute atomic E-state index is 3.84. The summed E-state index contributed by atoms with van der Waals surface area (Å²) in [6.07, 6.45) is 18.0. The average molecular weight is 193 g/mol. The Bertz CT molecular complexity index is 133. The van der Waals surface area contributed by atoms with E-state index in [-0.39, 0.29) is 0 Å². The summed E-state index contributed by atoms with van der Waals surface area (Å²) in [5.41, 5.74) is 0. The van der Waals surface area contributed by atoms with E-state index in [0.29, 0.717) is 0 Å². The minimum atomic E-state index is 1.09. The molecule has 0 amide bonds. The molecule has 0 atom stereocenters. The monoisotopic (exact) mass is 193 g/mol. The Morgan fingerprint density at radius 1 is 0.714 bits per heavy atom. The molecule has 0 unspecified atom stereocenters. The predicted octanol–water partition coefficient (Wildman–Crippen LogP) is 5.07. The Kier molecular flexibility index (Phi) is 12.0. The molecular weight excluding hydrogens is 168 g/mol. The van der Waals surface area contributed by atoms with Gasteiger partial charge < -0.3 is 0 Å². The molecule has 1 radical (unpaired) electrons. The highest BCUT2D eigenvalue weighted by molar-refractivity contribution is 4.81. The second kappa shape index (κ2) is 12.5. The molecule has 0 saturated heterocycles. The van der Waals surface area contributed by atoms with Crippen molar-refractivity contribution in [3.05, 3.63) is 31.7 Å². The van der Waals surface area contributed by atoms with Gasteiger partial charge in [0.1, 0.15) is 0 Å². The fourth-order valence-electron chi connectivity index (χ4n) is 1.40. The maximum atomic E-state index is 3.84. The molecule has 0 aromatic carbocycles. The van der Waals surface area contributed by atoms with Gasteiger partial charge in [0.05, 0.1) is 0 Å². The van der Waals surface area contributed by atoms with Gasteiger partial charge in [-0.05, 0) is 38.5 Å². The predicted molar refractivity (Wildman–Crippen MR) is 66.2 cm³/mol. The van der Waals surface area contributed by atoms with Gasteiger partial charge >= 0.3 is 0 Å². The molecule has 0 saturated carbocycles.